The zero-order chi connectivity index (χ0) is 14.1. The van der Waals surface area contributed by atoms with Crippen LogP contribution < -0.4 is 0 Å². The number of carbonyl (C=O) groups excluding carboxylic acids is 1. The summed E-state index contributed by atoms with van der Waals surface area (Å²) >= 11 is 0. The van der Waals surface area contributed by atoms with E-state index in [9.17, 15) is 4.79 Å². The van der Waals surface area contributed by atoms with Crippen LogP contribution in [-0.4, -0.2) is 15.7 Å². The molecule has 0 unspecified atom stereocenters. The quantitative estimate of drug-likeness (QED) is 0.676. The zero-order valence-electron chi connectivity index (χ0n) is 11.6. The highest BCUT2D eigenvalue weighted by Crippen LogP contribution is 2.24. The Morgan fingerprint density at radius 3 is 2.55 bits per heavy atom. The summed E-state index contributed by atoms with van der Waals surface area (Å²) in [6.07, 6.45) is 3.82. The van der Waals surface area contributed by atoms with Crippen LogP contribution in [0, 0.1) is 6.92 Å². The fourth-order valence-corrected chi connectivity index (χ4v) is 2.39. The summed E-state index contributed by atoms with van der Waals surface area (Å²) in [7, 11) is 0. The summed E-state index contributed by atoms with van der Waals surface area (Å²) in [6.45, 7) is 4.13. The van der Waals surface area contributed by atoms with E-state index in [4.69, 9.17) is 0 Å². The van der Waals surface area contributed by atoms with Gasteiger partial charge >= 0.3 is 0 Å². The van der Waals surface area contributed by atoms with Crippen LogP contribution in [0.4, 0.5) is 0 Å². The van der Waals surface area contributed by atoms with Crippen LogP contribution in [0.25, 0.3) is 16.9 Å². The predicted molar refractivity (Wildman–Crippen MR) is 80.1 cm³/mol. The molecule has 2 aromatic heterocycles. The Morgan fingerprint density at radius 1 is 1.15 bits per heavy atom. The lowest BCUT2D eigenvalue weighted by atomic mass is 10.1. The summed E-state index contributed by atoms with van der Waals surface area (Å²) in [4.78, 5) is 16.0. The standard InChI is InChI=1S/C17H16N2O/c1-3-13-5-7-14(8-6-13)17-15(11-20)19-10-12(2)4-9-16(19)18-17/h4-11H,3H2,1-2H3. The first-order valence-corrected chi connectivity index (χ1v) is 6.76. The molecule has 3 aromatic rings. The van der Waals surface area contributed by atoms with Gasteiger partial charge in [0.25, 0.3) is 0 Å². The number of hydrogen-bond donors (Lipinski definition) is 0. The molecule has 3 rings (SSSR count). The lowest BCUT2D eigenvalue weighted by molar-refractivity contribution is 0.111. The Kier molecular flexibility index (Phi) is 3.11. The van der Waals surface area contributed by atoms with E-state index < -0.39 is 0 Å². The number of hydrogen-bond acceptors (Lipinski definition) is 2. The minimum Gasteiger partial charge on any atom is -0.296 e. The molecule has 100 valence electrons. The number of nitrogens with zero attached hydrogens (tertiary/aromatic N) is 2. The number of pyridine rings is 1. The molecule has 0 saturated heterocycles. The Morgan fingerprint density at radius 2 is 1.90 bits per heavy atom. The molecule has 0 radical (unpaired) electrons. The number of carbonyl (C=O) groups is 1. The van der Waals surface area contributed by atoms with Gasteiger partial charge in [-0.1, -0.05) is 37.3 Å². The Hall–Kier alpha value is -2.42. The molecule has 0 amide bonds. The first-order chi connectivity index (χ1) is 9.72. The highest BCUT2D eigenvalue weighted by atomic mass is 16.1. The van der Waals surface area contributed by atoms with E-state index in [-0.39, 0.29) is 0 Å². The van der Waals surface area contributed by atoms with Crippen molar-refractivity contribution in [1.29, 1.82) is 0 Å². The molecule has 0 saturated carbocycles. The van der Waals surface area contributed by atoms with Gasteiger partial charge in [0.1, 0.15) is 17.0 Å². The van der Waals surface area contributed by atoms with Gasteiger partial charge < -0.3 is 0 Å². The minimum atomic E-state index is 0.605. The first kappa shape index (κ1) is 12.6. The van der Waals surface area contributed by atoms with E-state index in [0.717, 1.165) is 35.2 Å². The van der Waals surface area contributed by atoms with Gasteiger partial charge in [-0.25, -0.2) is 4.98 Å². The average Bonchev–Trinajstić information content (AvgIpc) is 2.85. The fraction of sp³-hybridized carbons (Fsp3) is 0.176. The van der Waals surface area contributed by atoms with Crippen molar-refractivity contribution in [2.24, 2.45) is 0 Å². The summed E-state index contributed by atoms with van der Waals surface area (Å²) in [5, 5.41) is 0. The topological polar surface area (TPSA) is 34.4 Å². The van der Waals surface area contributed by atoms with Gasteiger partial charge in [-0.3, -0.25) is 9.20 Å². The maximum absolute atomic E-state index is 11.4. The summed E-state index contributed by atoms with van der Waals surface area (Å²) in [5.41, 5.74) is 5.51. The maximum atomic E-state index is 11.4. The van der Waals surface area contributed by atoms with E-state index in [0.29, 0.717) is 5.69 Å². The van der Waals surface area contributed by atoms with E-state index in [1.54, 1.807) is 0 Å². The van der Waals surface area contributed by atoms with Crippen molar-refractivity contribution >= 4 is 11.9 Å². The summed E-state index contributed by atoms with van der Waals surface area (Å²) < 4.78 is 1.85. The normalized spacial score (nSPS) is 10.9. The number of imidazole rings is 1. The second kappa shape index (κ2) is 4.93. The Balaban J connectivity index is 2.21. The first-order valence-electron chi connectivity index (χ1n) is 6.76. The third-order valence-corrected chi connectivity index (χ3v) is 3.55. The van der Waals surface area contributed by atoms with Crippen LogP contribution in [0.1, 0.15) is 28.5 Å². The third-order valence-electron chi connectivity index (χ3n) is 3.55. The van der Waals surface area contributed by atoms with Crippen LogP contribution in [0.5, 0.6) is 0 Å². The zero-order valence-corrected chi connectivity index (χ0v) is 11.6. The molecule has 3 nitrogen and oxygen atoms in total. The van der Waals surface area contributed by atoms with Crippen molar-refractivity contribution in [2.75, 3.05) is 0 Å². The maximum Gasteiger partial charge on any atom is 0.169 e. The SMILES string of the molecule is CCc1ccc(-c2nc3ccc(C)cn3c2C=O)cc1. The second-order valence-corrected chi connectivity index (χ2v) is 4.95. The van der Waals surface area contributed by atoms with Crippen LogP contribution in [0.2, 0.25) is 0 Å². The molecule has 0 aliphatic carbocycles. The highest BCUT2D eigenvalue weighted by molar-refractivity contribution is 5.86. The van der Waals surface area contributed by atoms with E-state index >= 15 is 0 Å². The van der Waals surface area contributed by atoms with Crippen LogP contribution in [0.3, 0.4) is 0 Å². The Bertz CT molecular complexity index is 770. The minimum absolute atomic E-state index is 0.605. The van der Waals surface area contributed by atoms with E-state index in [2.05, 4.69) is 24.0 Å². The molecule has 0 N–H and O–H groups in total. The summed E-state index contributed by atoms with van der Waals surface area (Å²) in [6, 6.07) is 12.2. The number of aryl methyl sites for hydroxylation is 2. The second-order valence-electron chi connectivity index (χ2n) is 4.95. The van der Waals surface area contributed by atoms with Gasteiger partial charge in [-0.2, -0.15) is 0 Å². The predicted octanol–water partition coefficient (Wildman–Crippen LogP) is 3.68. The fourth-order valence-electron chi connectivity index (χ4n) is 2.39. The number of rotatable bonds is 3. The number of aldehydes is 1. The molecule has 0 atom stereocenters. The van der Waals surface area contributed by atoms with E-state index in [1.807, 2.05) is 41.8 Å². The number of benzene rings is 1. The van der Waals surface area contributed by atoms with Crippen molar-refractivity contribution < 1.29 is 4.79 Å². The molecular formula is C17H16N2O. The molecule has 0 fully saturated rings. The van der Waals surface area contributed by atoms with Gasteiger partial charge in [-0.05, 0) is 30.5 Å². The van der Waals surface area contributed by atoms with Crippen LogP contribution >= 0.6 is 0 Å². The van der Waals surface area contributed by atoms with Crippen molar-refractivity contribution in [3.8, 4) is 11.3 Å². The molecule has 3 heteroatoms. The number of fused-ring (bicyclic) bond motifs is 1. The van der Waals surface area contributed by atoms with Gasteiger partial charge in [0.05, 0.1) is 0 Å². The lowest BCUT2D eigenvalue weighted by Crippen LogP contribution is -1.93. The van der Waals surface area contributed by atoms with Crippen molar-refractivity contribution in [1.82, 2.24) is 9.38 Å². The van der Waals surface area contributed by atoms with Crippen molar-refractivity contribution in [2.45, 2.75) is 20.3 Å². The van der Waals surface area contributed by atoms with Crippen LogP contribution in [0.15, 0.2) is 42.6 Å². The lowest BCUT2D eigenvalue weighted by Gasteiger charge is -2.01. The smallest absolute Gasteiger partial charge is 0.169 e. The molecule has 0 aliphatic rings. The largest absolute Gasteiger partial charge is 0.296 e. The Labute approximate surface area is 117 Å². The number of aromatic nitrogens is 2. The molecule has 2 heterocycles. The van der Waals surface area contributed by atoms with Crippen LogP contribution in [-0.2, 0) is 6.42 Å². The van der Waals surface area contributed by atoms with Gasteiger partial charge in [-0.15, -0.1) is 0 Å². The van der Waals surface area contributed by atoms with E-state index in [1.165, 1.54) is 5.56 Å². The molecule has 0 bridgehead atoms. The van der Waals surface area contributed by atoms with Crippen molar-refractivity contribution in [3.05, 3.63) is 59.4 Å². The molecule has 0 spiro atoms. The highest BCUT2D eigenvalue weighted by Gasteiger charge is 2.13. The van der Waals surface area contributed by atoms with Gasteiger partial charge in [0.2, 0.25) is 0 Å². The molecular weight excluding hydrogens is 248 g/mol. The molecule has 0 aliphatic heterocycles. The monoisotopic (exact) mass is 264 g/mol. The molecule has 1 aromatic carbocycles. The van der Waals surface area contributed by atoms with Crippen molar-refractivity contribution in [3.63, 3.8) is 0 Å². The van der Waals surface area contributed by atoms with Gasteiger partial charge in [0.15, 0.2) is 6.29 Å². The molecule has 20 heavy (non-hydrogen) atoms. The third kappa shape index (κ3) is 2.01. The average molecular weight is 264 g/mol. The summed E-state index contributed by atoms with van der Waals surface area (Å²) in [5.74, 6) is 0. The van der Waals surface area contributed by atoms with Gasteiger partial charge in [0, 0.05) is 11.8 Å².